The Morgan fingerprint density at radius 1 is 1.43 bits per heavy atom. The van der Waals surface area contributed by atoms with Crippen LogP contribution in [0, 0.1) is 6.92 Å². The first-order valence-electron chi connectivity index (χ1n) is 6.70. The SMILES string of the molecule is CNCc1scc(C)c1S(=O)(=O)NC(C)Cc1ccco1. The molecular formula is C14H20N2O3S2. The lowest BCUT2D eigenvalue weighted by Gasteiger charge is -2.14. The second-order valence-corrected chi connectivity index (χ2v) is 7.62. The lowest BCUT2D eigenvalue weighted by molar-refractivity contribution is 0.479. The highest BCUT2D eigenvalue weighted by molar-refractivity contribution is 7.89. The fourth-order valence-electron chi connectivity index (χ4n) is 2.23. The molecule has 0 aliphatic heterocycles. The van der Waals surface area contributed by atoms with E-state index in [2.05, 4.69) is 10.0 Å². The monoisotopic (exact) mass is 328 g/mol. The molecule has 2 heterocycles. The smallest absolute Gasteiger partial charge is 0.242 e. The van der Waals surface area contributed by atoms with Gasteiger partial charge in [0.15, 0.2) is 0 Å². The quantitative estimate of drug-likeness (QED) is 0.818. The lowest BCUT2D eigenvalue weighted by atomic mass is 10.2. The van der Waals surface area contributed by atoms with E-state index in [0.29, 0.717) is 17.9 Å². The first kappa shape index (κ1) is 16.2. The maximum absolute atomic E-state index is 12.6. The van der Waals surface area contributed by atoms with Crippen molar-refractivity contribution in [2.45, 2.75) is 37.8 Å². The predicted octanol–water partition coefficient (Wildman–Crippen LogP) is 2.28. The molecule has 0 aromatic carbocycles. The summed E-state index contributed by atoms with van der Waals surface area (Å²) < 4.78 is 33.2. The van der Waals surface area contributed by atoms with Crippen LogP contribution >= 0.6 is 11.3 Å². The van der Waals surface area contributed by atoms with Crippen molar-refractivity contribution in [2.75, 3.05) is 7.05 Å². The van der Waals surface area contributed by atoms with Crippen molar-refractivity contribution in [2.24, 2.45) is 0 Å². The molecule has 21 heavy (non-hydrogen) atoms. The van der Waals surface area contributed by atoms with Crippen molar-refractivity contribution in [3.8, 4) is 0 Å². The maximum Gasteiger partial charge on any atom is 0.242 e. The van der Waals surface area contributed by atoms with Crippen LogP contribution in [0.5, 0.6) is 0 Å². The number of hydrogen-bond acceptors (Lipinski definition) is 5. The van der Waals surface area contributed by atoms with Crippen LogP contribution in [0.1, 0.15) is 23.1 Å². The average molecular weight is 328 g/mol. The summed E-state index contributed by atoms with van der Waals surface area (Å²) in [4.78, 5) is 1.22. The Bertz CT molecular complexity index is 675. The standard InChI is InChI=1S/C14H20N2O3S2/c1-10-9-20-13(8-15-3)14(10)21(17,18)16-11(2)7-12-5-4-6-19-12/h4-6,9,11,15-16H,7-8H2,1-3H3. The molecule has 5 nitrogen and oxygen atoms in total. The zero-order valence-corrected chi connectivity index (χ0v) is 14.0. The van der Waals surface area contributed by atoms with Crippen molar-refractivity contribution in [3.63, 3.8) is 0 Å². The number of sulfonamides is 1. The molecule has 0 amide bonds. The highest BCUT2D eigenvalue weighted by atomic mass is 32.2. The van der Waals surface area contributed by atoms with E-state index < -0.39 is 10.0 Å². The first-order valence-corrected chi connectivity index (χ1v) is 9.06. The third-order valence-electron chi connectivity index (χ3n) is 3.04. The van der Waals surface area contributed by atoms with E-state index in [1.165, 1.54) is 11.3 Å². The highest BCUT2D eigenvalue weighted by Gasteiger charge is 2.24. The van der Waals surface area contributed by atoms with Gasteiger partial charge in [-0.05, 0) is 44.0 Å². The van der Waals surface area contributed by atoms with E-state index in [0.717, 1.165) is 16.2 Å². The van der Waals surface area contributed by atoms with Gasteiger partial charge < -0.3 is 9.73 Å². The topological polar surface area (TPSA) is 71.3 Å². The summed E-state index contributed by atoms with van der Waals surface area (Å²) in [5.74, 6) is 0.766. The molecule has 0 aliphatic rings. The molecule has 0 saturated carbocycles. The number of hydrogen-bond donors (Lipinski definition) is 2. The summed E-state index contributed by atoms with van der Waals surface area (Å²) in [6.07, 6.45) is 2.11. The van der Waals surface area contributed by atoms with Gasteiger partial charge >= 0.3 is 0 Å². The van der Waals surface area contributed by atoms with Crippen LogP contribution in [0.25, 0.3) is 0 Å². The van der Waals surface area contributed by atoms with E-state index in [-0.39, 0.29) is 6.04 Å². The fraction of sp³-hybridized carbons (Fsp3) is 0.429. The molecule has 116 valence electrons. The minimum Gasteiger partial charge on any atom is -0.469 e. The number of thiophene rings is 1. The molecule has 0 bridgehead atoms. The Balaban J connectivity index is 2.16. The zero-order chi connectivity index (χ0) is 15.5. The van der Waals surface area contributed by atoms with Crippen molar-refractivity contribution in [3.05, 3.63) is 40.0 Å². The minimum atomic E-state index is -3.52. The molecule has 1 unspecified atom stereocenters. The fourth-order valence-corrected chi connectivity index (χ4v) is 5.29. The van der Waals surface area contributed by atoms with Gasteiger partial charge in [0.25, 0.3) is 0 Å². The van der Waals surface area contributed by atoms with Crippen LogP contribution < -0.4 is 10.0 Å². The van der Waals surface area contributed by atoms with E-state index in [4.69, 9.17) is 4.42 Å². The molecule has 2 aromatic heterocycles. The van der Waals surface area contributed by atoms with Gasteiger partial charge in [0, 0.05) is 23.9 Å². The van der Waals surface area contributed by atoms with Crippen molar-refractivity contribution >= 4 is 21.4 Å². The summed E-state index contributed by atoms with van der Waals surface area (Å²) in [6, 6.07) is 3.40. The van der Waals surface area contributed by atoms with Crippen LogP contribution in [0.3, 0.4) is 0 Å². The van der Waals surface area contributed by atoms with E-state index in [1.807, 2.05) is 25.3 Å². The van der Waals surface area contributed by atoms with Gasteiger partial charge in [0.2, 0.25) is 10.0 Å². The summed E-state index contributed by atoms with van der Waals surface area (Å²) in [5.41, 5.74) is 0.781. The molecule has 0 spiro atoms. The molecule has 7 heteroatoms. The number of rotatable bonds is 7. The van der Waals surface area contributed by atoms with Crippen LogP contribution in [0.4, 0.5) is 0 Å². The van der Waals surface area contributed by atoms with Gasteiger partial charge in [0.05, 0.1) is 6.26 Å². The van der Waals surface area contributed by atoms with Crippen LogP contribution in [-0.4, -0.2) is 21.5 Å². The van der Waals surface area contributed by atoms with Gasteiger partial charge in [-0.25, -0.2) is 13.1 Å². The number of nitrogens with one attached hydrogen (secondary N) is 2. The molecule has 2 rings (SSSR count). The Labute approximate surface area is 129 Å². The highest BCUT2D eigenvalue weighted by Crippen LogP contribution is 2.27. The molecular weight excluding hydrogens is 308 g/mol. The summed E-state index contributed by atoms with van der Waals surface area (Å²) >= 11 is 1.46. The van der Waals surface area contributed by atoms with Gasteiger partial charge in [-0.2, -0.15) is 0 Å². The third-order valence-corrected chi connectivity index (χ3v) is 6.09. The van der Waals surface area contributed by atoms with Crippen LogP contribution in [-0.2, 0) is 23.0 Å². The molecule has 0 fully saturated rings. The van der Waals surface area contributed by atoms with E-state index >= 15 is 0 Å². The Morgan fingerprint density at radius 2 is 2.19 bits per heavy atom. The van der Waals surface area contributed by atoms with Crippen molar-refractivity contribution < 1.29 is 12.8 Å². The Hall–Kier alpha value is -1.15. The minimum absolute atomic E-state index is 0.233. The molecule has 1 atom stereocenters. The maximum atomic E-state index is 12.6. The van der Waals surface area contributed by atoms with Gasteiger partial charge in [-0.15, -0.1) is 11.3 Å². The summed E-state index contributed by atoms with van der Waals surface area (Å²) in [6.45, 7) is 4.20. The summed E-state index contributed by atoms with van der Waals surface area (Å²) in [7, 11) is -1.72. The van der Waals surface area contributed by atoms with Gasteiger partial charge in [-0.3, -0.25) is 0 Å². The van der Waals surface area contributed by atoms with Gasteiger partial charge in [0.1, 0.15) is 10.7 Å². The normalized spacial score (nSPS) is 13.5. The van der Waals surface area contributed by atoms with Crippen LogP contribution in [0.2, 0.25) is 0 Å². The molecule has 0 aliphatic carbocycles. The lowest BCUT2D eigenvalue weighted by Crippen LogP contribution is -2.34. The Kier molecular flexibility index (Phi) is 5.21. The van der Waals surface area contributed by atoms with E-state index in [9.17, 15) is 8.42 Å². The predicted molar refractivity (Wildman–Crippen MR) is 84.0 cm³/mol. The zero-order valence-electron chi connectivity index (χ0n) is 12.3. The molecule has 2 N–H and O–H groups in total. The van der Waals surface area contributed by atoms with Crippen molar-refractivity contribution in [1.29, 1.82) is 0 Å². The molecule has 0 saturated heterocycles. The second-order valence-electron chi connectivity index (χ2n) is 5.01. The first-order chi connectivity index (χ1) is 9.94. The number of aryl methyl sites for hydroxylation is 1. The summed E-state index contributed by atoms with van der Waals surface area (Å²) in [5, 5.41) is 4.88. The van der Waals surface area contributed by atoms with E-state index in [1.54, 1.807) is 19.4 Å². The average Bonchev–Trinajstić information content (AvgIpc) is 2.99. The Morgan fingerprint density at radius 3 is 2.81 bits per heavy atom. The number of furan rings is 1. The second kappa shape index (κ2) is 6.74. The molecule has 2 aromatic rings. The molecule has 0 radical (unpaired) electrons. The van der Waals surface area contributed by atoms with Crippen molar-refractivity contribution in [1.82, 2.24) is 10.0 Å². The van der Waals surface area contributed by atoms with Gasteiger partial charge in [-0.1, -0.05) is 0 Å². The van der Waals surface area contributed by atoms with Crippen LogP contribution in [0.15, 0.2) is 33.1 Å². The largest absolute Gasteiger partial charge is 0.469 e. The third kappa shape index (κ3) is 3.94.